The lowest BCUT2D eigenvalue weighted by atomic mass is 10.1. The summed E-state index contributed by atoms with van der Waals surface area (Å²) in [5.74, 6) is -0.362. The summed E-state index contributed by atoms with van der Waals surface area (Å²) in [7, 11) is 0. The average molecular weight is 286 g/mol. The summed E-state index contributed by atoms with van der Waals surface area (Å²) in [6.45, 7) is -0.0900. The second-order valence-electron chi connectivity index (χ2n) is 4.28. The van der Waals surface area contributed by atoms with Crippen LogP contribution in [0, 0.1) is 0 Å². The van der Waals surface area contributed by atoms with Gasteiger partial charge in [0, 0.05) is 5.56 Å². The lowest BCUT2D eigenvalue weighted by Gasteiger charge is -2.10. The van der Waals surface area contributed by atoms with E-state index in [4.69, 9.17) is 10.2 Å². The smallest absolute Gasteiger partial charge is 0.409 e. The Hall–Kier alpha value is -2.86. The summed E-state index contributed by atoms with van der Waals surface area (Å²) in [5.41, 5.74) is 1.79. The maximum absolute atomic E-state index is 12.1. The van der Waals surface area contributed by atoms with Gasteiger partial charge in [-0.05, 0) is 29.8 Å². The molecule has 21 heavy (non-hydrogen) atoms. The fourth-order valence-electron chi connectivity index (χ4n) is 1.77. The Morgan fingerprint density at radius 1 is 0.905 bits per heavy atom. The minimum absolute atomic E-state index is 0.0900. The van der Waals surface area contributed by atoms with Crippen molar-refractivity contribution in [2.24, 2.45) is 0 Å². The number of carbonyl (C=O) groups is 2. The SMILES string of the molecule is O=C(O)Nc1ccccc1NC(=O)c1ccc(CO)cc1. The molecule has 6 heteroatoms. The normalized spacial score (nSPS) is 9.95. The number of rotatable bonds is 4. The molecule has 0 fully saturated rings. The van der Waals surface area contributed by atoms with Gasteiger partial charge < -0.3 is 15.5 Å². The molecule has 0 bridgehead atoms. The van der Waals surface area contributed by atoms with E-state index >= 15 is 0 Å². The van der Waals surface area contributed by atoms with Crippen LogP contribution in [0.2, 0.25) is 0 Å². The zero-order valence-corrected chi connectivity index (χ0v) is 11.0. The lowest BCUT2D eigenvalue weighted by molar-refractivity contribution is 0.102. The molecule has 0 aliphatic rings. The van der Waals surface area contributed by atoms with E-state index in [0.717, 1.165) is 0 Å². The maximum atomic E-state index is 12.1. The van der Waals surface area contributed by atoms with Gasteiger partial charge in [0.1, 0.15) is 0 Å². The highest BCUT2D eigenvalue weighted by Gasteiger charge is 2.10. The van der Waals surface area contributed by atoms with Crippen LogP contribution in [0.25, 0.3) is 0 Å². The van der Waals surface area contributed by atoms with E-state index < -0.39 is 6.09 Å². The number of para-hydroxylation sites is 2. The summed E-state index contributed by atoms with van der Waals surface area (Å²) in [6.07, 6.45) is -1.20. The third-order valence-electron chi connectivity index (χ3n) is 2.82. The van der Waals surface area contributed by atoms with Gasteiger partial charge in [-0.3, -0.25) is 10.1 Å². The van der Waals surface area contributed by atoms with Gasteiger partial charge in [0.25, 0.3) is 5.91 Å². The number of benzene rings is 2. The van der Waals surface area contributed by atoms with Crippen LogP contribution in [0.1, 0.15) is 15.9 Å². The average Bonchev–Trinajstić information content (AvgIpc) is 2.49. The Bertz CT molecular complexity index is 653. The Morgan fingerprint density at radius 3 is 2.00 bits per heavy atom. The number of carbonyl (C=O) groups excluding carboxylic acids is 1. The molecule has 0 aromatic heterocycles. The molecular formula is C15H14N2O4. The fraction of sp³-hybridized carbons (Fsp3) is 0.0667. The molecule has 0 spiro atoms. The molecule has 108 valence electrons. The number of aliphatic hydroxyl groups excluding tert-OH is 1. The van der Waals surface area contributed by atoms with Crippen molar-refractivity contribution < 1.29 is 19.8 Å². The molecule has 0 radical (unpaired) electrons. The van der Waals surface area contributed by atoms with E-state index in [2.05, 4.69) is 10.6 Å². The molecule has 2 aromatic rings. The number of hydrogen-bond acceptors (Lipinski definition) is 3. The number of amides is 2. The van der Waals surface area contributed by atoms with Crippen LogP contribution in [0.4, 0.5) is 16.2 Å². The van der Waals surface area contributed by atoms with Crippen molar-refractivity contribution in [3.63, 3.8) is 0 Å². The molecule has 0 aliphatic heterocycles. The van der Waals surface area contributed by atoms with Crippen molar-refractivity contribution in [1.82, 2.24) is 0 Å². The van der Waals surface area contributed by atoms with Gasteiger partial charge in [-0.2, -0.15) is 0 Å². The van der Waals surface area contributed by atoms with E-state index in [1.807, 2.05) is 0 Å². The topological polar surface area (TPSA) is 98.7 Å². The number of nitrogens with one attached hydrogen (secondary N) is 2. The molecule has 0 saturated heterocycles. The van der Waals surface area contributed by atoms with Crippen molar-refractivity contribution in [2.45, 2.75) is 6.61 Å². The number of aliphatic hydroxyl groups is 1. The fourth-order valence-corrected chi connectivity index (χ4v) is 1.77. The first-order valence-corrected chi connectivity index (χ1v) is 6.20. The summed E-state index contributed by atoms with van der Waals surface area (Å²) >= 11 is 0. The van der Waals surface area contributed by atoms with Crippen LogP contribution in [0.3, 0.4) is 0 Å². The van der Waals surface area contributed by atoms with Crippen molar-refractivity contribution in [3.05, 3.63) is 59.7 Å². The third kappa shape index (κ3) is 3.80. The molecule has 6 nitrogen and oxygen atoms in total. The predicted octanol–water partition coefficient (Wildman–Crippen LogP) is 2.52. The second kappa shape index (κ2) is 6.53. The Morgan fingerprint density at radius 2 is 1.48 bits per heavy atom. The molecule has 0 atom stereocenters. The first-order chi connectivity index (χ1) is 10.1. The maximum Gasteiger partial charge on any atom is 0.409 e. The predicted molar refractivity (Wildman–Crippen MR) is 78.4 cm³/mol. The highest BCUT2D eigenvalue weighted by molar-refractivity contribution is 6.06. The van der Waals surface area contributed by atoms with E-state index in [9.17, 15) is 9.59 Å². The van der Waals surface area contributed by atoms with Gasteiger partial charge >= 0.3 is 6.09 Å². The lowest BCUT2D eigenvalue weighted by Crippen LogP contribution is -2.15. The summed E-state index contributed by atoms with van der Waals surface area (Å²) in [4.78, 5) is 22.8. The minimum atomic E-state index is -1.20. The molecule has 0 heterocycles. The van der Waals surface area contributed by atoms with E-state index in [1.54, 1.807) is 48.5 Å². The minimum Gasteiger partial charge on any atom is -0.465 e. The molecule has 2 rings (SSSR count). The first kappa shape index (κ1) is 14.5. The van der Waals surface area contributed by atoms with Gasteiger partial charge in [0.2, 0.25) is 0 Å². The quantitative estimate of drug-likeness (QED) is 0.694. The zero-order valence-electron chi connectivity index (χ0n) is 11.0. The van der Waals surface area contributed by atoms with Gasteiger partial charge in [0.05, 0.1) is 18.0 Å². The Kier molecular flexibility index (Phi) is 4.53. The molecule has 2 aromatic carbocycles. The Balaban J connectivity index is 2.17. The van der Waals surface area contributed by atoms with Gasteiger partial charge in [-0.15, -0.1) is 0 Å². The van der Waals surface area contributed by atoms with E-state index in [-0.39, 0.29) is 12.5 Å². The number of anilines is 2. The summed E-state index contributed by atoms with van der Waals surface area (Å²) in [5, 5.41) is 22.6. The monoisotopic (exact) mass is 286 g/mol. The van der Waals surface area contributed by atoms with Crippen LogP contribution < -0.4 is 10.6 Å². The van der Waals surface area contributed by atoms with Crippen LogP contribution in [-0.2, 0) is 6.61 Å². The highest BCUT2D eigenvalue weighted by atomic mass is 16.4. The zero-order chi connectivity index (χ0) is 15.2. The third-order valence-corrected chi connectivity index (χ3v) is 2.82. The molecule has 0 aliphatic carbocycles. The van der Waals surface area contributed by atoms with Crippen molar-refractivity contribution in [2.75, 3.05) is 10.6 Å². The molecule has 0 saturated carbocycles. The largest absolute Gasteiger partial charge is 0.465 e. The van der Waals surface area contributed by atoms with Crippen molar-refractivity contribution in [3.8, 4) is 0 Å². The summed E-state index contributed by atoms with van der Waals surface area (Å²) in [6, 6.07) is 13.0. The second-order valence-corrected chi connectivity index (χ2v) is 4.28. The number of carboxylic acid groups (broad SMARTS) is 1. The van der Waals surface area contributed by atoms with E-state index in [1.165, 1.54) is 0 Å². The van der Waals surface area contributed by atoms with Gasteiger partial charge in [-0.1, -0.05) is 24.3 Å². The highest BCUT2D eigenvalue weighted by Crippen LogP contribution is 2.21. The van der Waals surface area contributed by atoms with Crippen molar-refractivity contribution in [1.29, 1.82) is 0 Å². The molecular weight excluding hydrogens is 272 g/mol. The summed E-state index contributed by atoms with van der Waals surface area (Å²) < 4.78 is 0. The van der Waals surface area contributed by atoms with Gasteiger partial charge in [0.15, 0.2) is 0 Å². The van der Waals surface area contributed by atoms with Crippen LogP contribution >= 0.6 is 0 Å². The van der Waals surface area contributed by atoms with Gasteiger partial charge in [-0.25, -0.2) is 4.79 Å². The van der Waals surface area contributed by atoms with Crippen LogP contribution in [-0.4, -0.2) is 22.2 Å². The Labute approximate surface area is 121 Å². The number of hydrogen-bond donors (Lipinski definition) is 4. The standard InChI is InChI=1S/C15H14N2O4/c18-9-10-5-7-11(8-6-10)14(19)16-12-3-1-2-4-13(12)17-15(20)21/h1-8,17-18H,9H2,(H,16,19)(H,20,21). The molecule has 2 amide bonds. The molecule has 0 unspecified atom stereocenters. The van der Waals surface area contributed by atoms with E-state index in [0.29, 0.717) is 22.5 Å². The molecule has 4 N–H and O–H groups in total. The van der Waals surface area contributed by atoms with Crippen LogP contribution in [0.5, 0.6) is 0 Å². The first-order valence-electron chi connectivity index (χ1n) is 6.20. The van der Waals surface area contributed by atoms with Crippen molar-refractivity contribution >= 4 is 23.4 Å². The van der Waals surface area contributed by atoms with Crippen LogP contribution in [0.15, 0.2) is 48.5 Å².